The van der Waals surface area contributed by atoms with Crippen molar-refractivity contribution >= 4 is 28.9 Å². The van der Waals surface area contributed by atoms with E-state index >= 15 is 0 Å². The molecule has 0 saturated carbocycles. The average molecular weight is 500 g/mol. The maximum absolute atomic E-state index is 13.8. The normalized spacial score (nSPS) is 20.9. The second kappa shape index (κ2) is 10.6. The Balaban J connectivity index is 1.48. The van der Waals surface area contributed by atoms with Crippen molar-refractivity contribution in [3.8, 4) is 5.75 Å². The fraction of sp³-hybridized carbons (Fsp3) is 0.333. The van der Waals surface area contributed by atoms with Crippen LogP contribution in [0.3, 0.4) is 0 Å². The lowest BCUT2D eigenvalue weighted by Gasteiger charge is -2.29. The summed E-state index contributed by atoms with van der Waals surface area (Å²) in [6.45, 7) is 8.73. The van der Waals surface area contributed by atoms with Crippen LogP contribution in [-0.4, -0.2) is 37.6 Å². The Kier molecular flexibility index (Phi) is 7.15. The average Bonchev–Trinajstić information content (AvgIpc) is 3.45. The minimum Gasteiger partial charge on any atom is -0.494 e. The van der Waals surface area contributed by atoms with Gasteiger partial charge in [-0.25, -0.2) is 9.96 Å². The molecule has 3 atom stereocenters. The van der Waals surface area contributed by atoms with Crippen molar-refractivity contribution in [1.29, 1.82) is 0 Å². The van der Waals surface area contributed by atoms with E-state index in [1.54, 1.807) is 29.3 Å². The number of rotatable bonds is 9. The highest BCUT2D eigenvalue weighted by atomic mass is 16.7. The second-order valence-corrected chi connectivity index (χ2v) is 9.28. The van der Waals surface area contributed by atoms with E-state index in [9.17, 15) is 9.59 Å². The number of amides is 2. The van der Waals surface area contributed by atoms with Gasteiger partial charge in [0, 0.05) is 18.8 Å². The maximum atomic E-state index is 13.8. The van der Waals surface area contributed by atoms with Crippen molar-refractivity contribution in [3.05, 3.63) is 84.4 Å². The van der Waals surface area contributed by atoms with E-state index in [4.69, 9.17) is 9.57 Å². The number of ether oxygens (including phenoxy) is 1. The number of carbonyl (C=O) groups excluding carboxylic acids is 2. The van der Waals surface area contributed by atoms with Gasteiger partial charge in [0.05, 0.1) is 24.0 Å². The monoisotopic (exact) mass is 499 g/mol. The van der Waals surface area contributed by atoms with Gasteiger partial charge in [0.25, 0.3) is 5.91 Å². The zero-order valence-corrected chi connectivity index (χ0v) is 21.5. The molecule has 0 radical (unpaired) electrons. The van der Waals surface area contributed by atoms with E-state index in [1.165, 1.54) is 4.90 Å². The number of fused-ring (bicyclic) bond motifs is 1. The summed E-state index contributed by atoms with van der Waals surface area (Å²) in [7, 11) is 0. The van der Waals surface area contributed by atoms with E-state index in [0.29, 0.717) is 18.0 Å². The number of hydroxylamine groups is 1. The lowest BCUT2D eigenvalue weighted by atomic mass is 9.90. The van der Waals surface area contributed by atoms with Gasteiger partial charge in [-0.05, 0) is 74.4 Å². The third-order valence-electron chi connectivity index (χ3n) is 7.06. The SMILES string of the molecule is CCCOc1ccc(N2C(=O)[C@@H]3[C@H](ON(c4ccccc4)[C@H]3c3ccc(N(CC)CC)cc3)C2=O)cc1. The fourth-order valence-corrected chi connectivity index (χ4v) is 5.19. The Morgan fingerprint density at radius 2 is 1.49 bits per heavy atom. The minimum atomic E-state index is -0.892. The van der Waals surface area contributed by atoms with Crippen LogP contribution in [0.2, 0.25) is 0 Å². The van der Waals surface area contributed by atoms with Gasteiger partial charge in [-0.2, -0.15) is 0 Å². The number of para-hydroxylation sites is 1. The molecule has 2 aliphatic heterocycles. The van der Waals surface area contributed by atoms with Crippen LogP contribution >= 0.6 is 0 Å². The maximum Gasteiger partial charge on any atom is 0.266 e. The molecule has 192 valence electrons. The van der Waals surface area contributed by atoms with Gasteiger partial charge < -0.3 is 9.64 Å². The second-order valence-electron chi connectivity index (χ2n) is 9.28. The van der Waals surface area contributed by atoms with Crippen molar-refractivity contribution in [2.24, 2.45) is 5.92 Å². The predicted molar refractivity (Wildman–Crippen MR) is 145 cm³/mol. The van der Waals surface area contributed by atoms with Crippen LogP contribution in [0.25, 0.3) is 0 Å². The highest BCUT2D eigenvalue weighted by molar-refractivity contribution is 6.23. The van der Waals surface area contributed by atoms with Crippen LogP contribution in [0.5, 0.6) is 5.75 Å². The molecule has 2 aliphatic rings. The summed E-state index contributed by atoms with van der Waals surface area (Å²) in [5, 5.41) is 1.73. The molecule has 0 unspecified atom stereocenters. The Labute approximate surface area is 218 Å². The zero-order chi connectivity index (χ0) is 25.9. The number of imide groups is 1. The molecular formula is C30H33N3O4. The molecule has 2 amide bonds. The molecule has 2 fully saturated rings. The molecule has 7 nitrogen and oxygen atoms in total. The molecule has 7 heteroatoms. The van der Waals surface area contributed by atoms with E-state index in [1.807, 2.05) is 49.4 Å². The van der Waals surface area contributed by atoms with Crippen LogP contribution in [0, 0.1) is 5.92 Å². The largest absolute Gasteiger partial charge is 0.494 e. The molecule has 37 heavy (non-hydrogen) atoms. The van der Waals surface area contributed by atoms with Crippen LogP contribution in [0.15, 0.2) is 78.9 Å². The van der Waals surface area contributed by atoms with Gasteiger partial charge in [0.2, 0.25) is 5.91 Å². The fourth-order valence-electron chi connectivity index (χ4n) is 5.19. The number of carbonyl (C=O) groups is 2. The topological polar surface area (TPSA) is 62.3 Å². The quantitative estimate of drug-likeness (QED) is 0.369. The zero-order valence-electron chi connectivity index (χ0n) is 21.5. The Hall–Kier alpha value is -3.84. The van der Waals surface area contributed by atoms with Crippen LogP contribution in [-0.2, 0) is 14.4 Å². The smallest absolute Gasteiger partial charge is 0.266 e. The summed E-state index contributed by atoms with van der Waals surface area (Å²) in [6, 6.07) is 24.5. The third-order valence-corrected chi connectivity index (χ3v) is 7.06. The van der Waals surface area contributed by atoms with Gasteiger partial charge in [-0.15, -0.1) is 0 Å². The molecule has 2 heterocycles. The van der Waals surface area contributed by atoms with Gasteiger partial charge in [-0.1, -0.05) is 37.3 Å². The van der Waals surface area contributed by atoms with Gasteiger partial charge in [-0.3, -0.25) is 14.4 Å². The summed E-state index contributed by atoms with van der Waals surface area (Å²) in [5.41, 5.74) is 3.38. The third kappa shape index (κ3) is 4.55. The number of hydrogen-bond donors (Lipinski definition) is 0. The van der Waals surface area contributed by atoms with E-state index in [2.05, 4.69) is 30.9 Å². The highest BCUT2D eigenvalue weighted by Crippen LogP contribution is 2.47. The number of nitrogens with zero attached hydrogens (tertiary/aromatic N) is 3. The van der Waals surface area contributed by atoms with Crippen molar-refractivity contribution in [3.63, 3.8) is 0 Å². The molecule has 0 bridgehead atoms. The first-order valence-corrected chi connectivity index (χ1v) is 13.0. The Morgan fingerprint density at radius 3 is 2.11 bits per heavy atom. The standard InChI is InChI=1S/C30H33N3O4/c1-4-20-36-25-18-16-23(17-19-25)32-29(34)26-27(21-12-14-22(15-13-21)31(5-2)6-3)33(37-28(26)30(32)35)24-10-8-7-9-11-24/h7-19,26-28H,4-6,20H2,1-3H3/t26-,27-,28-/m0/s1. The van der Waals surface area contributed by atoms with Gasteiger partial charge in [0.1, 0.15) is 11.7 Å². The molecule has 3 aromatic carbocycles. The van der Waals surface area contributed by atoms with Crippen molar-refractivity contribution < 1.29 is 19.2 Å². The van der Waals surface area contributed by atoms with E-state index < -0.39 is 18.1 Å². The Bertz CT molecular complexity index is 1230. The predicted octanol–water partition coefficient (Wildman–Crippen LogP) is 5.37. The van der Waals surface area contributed by atoms with Gasteiger partial charge >= 0.3 is 0 Å². The first-order chi connectivity index (χ1) is 18.1. The molecule has 5 rings (SSSR count). The Morgan fingerprint density at radius 1 is 0.811 bits per heavy atom. The van der Waals surface area contributed by atoms with Crippen LogP contribution < -0.4 is 19.6 Å². The molecular weight excluding hydrogens is 466 g/mol. The lowest BCUT2D eigenvalue weighted by molar-refractivity contribution is -0.126. The van der Waals surface area contributed by atoms with E-state index in [-0.39, 0.29) is 11.8 Å². The summed E-state index contributed by atoms with van der Waals surface area (Å²) in [5.74, 6) is -0.556. The number of benzene rings is 3. The first-order valence-electron chi connectivity index (χ1n) is 13.0. The summed E-state index contributed by atoms with van der Waals surface area (Å²) in [4.78, 5) is 37.2. The lowest BCUT2D eigenvalue weighted by Crippen LogP contribution is -2.37. The molecule has 0 aromatic heterocycles. The molecule has 2 saturated heterocycles. The van der Waals surface area contributed by atoms with Crippen molar-refractivity contribution in [2.45, 2.75) is 39.3 Å². The molecule has 0 N–H and O–H groups in total. The number of hydrogen-bond acceptors (Lipinski definition) is 6. The molecule has 0 spiro atoms. The van der Waals surface area contributed by atoms with E-state index in [0.717, 1.165) is 36.4 Å². The van der Waals surface area contributed by atoms with Crippen LogP contribution in [0.1, 0.15) is 38.8 Å². The highest BCUT2D eigenvalue weighted by Gasteiger charge is 2.60. The van der Waals surface area contributed by atoms with Gasteiger partial charge in [0.15, 0.2) is 6.10 Å². The number of anilines is 3. The summed E-state index contributed by atoms with van der Waals surface area (Å²) < 4.78 is 5.66. The molecule has 0 aliphatic carbocycles. The van der Waals surface area contributed by atoms with Crippen LogP contribution in [0.4, 0.5) is 17.1 Å². The summed E-state index contributed by atoms with van der Waals surface area (Å²) in [6.07, 6.45) is 0.0111. The van der Waals surface area contributed by atoms with Crippen molar-refractivity contribution in [2.75, 3.05) is 34.6 Å². The molecule has 3 aromatic rings. The van der Waals surface area contributed by atoms with Crippen molar-refractivity contribution in [1.82, 2.24) is 0 Å². The minimum absolute atomic E-state index is 0.256. The summed E-state index contributed by atoms with van der Waals surface area (Å²) >= 11 is 0. The first kappa shape index (κ1) is 24.8.